The monoisotopic (exact) mass is 232 g/mol. The molecule has 12 heavy (non-hydrogen) atoms. The highest BCUT2D eigenvalue weighted by Crippen LogP contribution is 2.22. The molecule has 6 heteroatoms. The molecule has 0 bridgehead atoms. The molecule has 0 aromatic carbocycles. The van der Waals surface area contributed by atoms with Crippen LogP contribution in [0.3, 0.4) is 0 Å². The summed E-state index contributed by atoms with van der Waals surface area (Å²) < 4.78 is 7.67. The highest BCUT2D eigenvalue weighted by molar-refractivity contribution is 9.10. The average molecular weight is 233 g/mol. The normalized spacial score (nSPS) is 23.2. The van der Waals surface area contributed by atoms with Crippen molar-refractivity contribution >= 4 is 21.9 Å². The number of nitrogens with two attached hydrogens (primary N) is 1. The van der Waals surface area contributed by atoms with Crippen LogP contribution in [-0.4, -0.2) is 28.0 Å². The Labute approximate surface area is 78.0 Å². The molecule has 0 amide bonds. The summed E-state index contributed by atoms with van der Waals surface area (Å²) in [4.78, 5) is 3.95. The Balaban J connectivity index is 2.25. The Morgan fingerprint density at radius 2 is 2.50 bits per heavy atom. The van der Waals surface area contributed by atoms with Crippen LogP contribution in [0.4, 0.5) is 5.95 Å². The van der Waals surface area contributed by atoms with Crippen molar-refractivity contribution in [3.8, 4) is 0 Å². The van der Waals surface area contributed by atoms with Gasteiger partial charge in [-0.3, -0.25) is 0 Å². The Kier molecular flexibility index (Phi) is 2.02. The van der Waals surface area contributed by atoms with Gasteiger partial charge >= 0.3 is 0 Å². The van der Waals surface area contributed by atoms with Crippen molar-refractivity contribution in [2.24, 2.45) is 0 Å². The third kappa shape index (κ3) is 1.32. The van der Waals surface area contributed by atoms with Crippen molar-refractivity contribution in [1.82, 2.24) is 14.8 Å². The lowest BCUT2D eigenvalue weighted by Gasteiger charge is -2.07. The van der Waals surface area contributed by atoms with Gasteiger partial charge in [-0.1, -0.05) is 0 Å². The minimum absolute atomic E-state index is 0.282. The van der Waals surface area contributed by atoms with Crippen molar-refractivity contribution in [2.45, 2.75) is 12.5 Å². The van der Waals surface area contributed by atoms with Crippen LogP contribution >= 0.6 is 15.9 Å². The number of anilines is 1. The fourth-order valence-electron chi connectivity index (χ4n) is 1.27. The number of nitrogens with zero attached hydrogens (tertiary/aromatic N) is 3. The molecule has 1 fully saturated rings. The third-order valence-corrected chi connectivity index (χ3v) is 2.40. The molecule has 1 aromatic heterocycles. The van der Waals surface area contributed by atoms with Crippen LogP contribution < -0.4 is 5.73 Å². The van der Waals surface area contributed by atoms with Crippen LogP contribution in [0.1, 0.15) is 12.5 Å². The molecule has 1 aliphatic heterocycles. The smallest absolute Gasteiger partial charge is 0.240 e. The predicted molar refractivity (Wildman–Crippen MR) is 46.6 cm³/mol. The van der Waals surface area contributed by atoms with Gasteiger partial charge in [0, 0.05) is 6.61 Å². The molecule has 2 heterocycles. The minimum Gasteiger partial charge on any atom is -0.379 e. The summed E-state index contributed by atoms with van der Waals surface area (Å²) in [7, 11) is 0. The summed E-state index contributed by atoms with van der Waals surface area (Å²) in [5.41, 5.74) is 5.43. The maximum absolute atomic E-state index is 5.43. The quantitative estimate of drug-likeness (QED) is 0.770. The maximum atomic E-state index is 5.43. The van der Waals surface area contributed by atoms with Gasteiger partial charge in [-0.05, 0) is 22.4 Å². The summed E-state index contributed by atoms with van der Waals surface area (Å²) >= 11 is 3.28. The van der Waals surface area contributed by atoms with E-state index in [4.69, 9.17) is 10.5 Å². The van der Waals surface area contributed by atoms with Crippen molar-refractivity contribution < 1.29 is 4.74 Å². The molecule has 5 nitrogen and oxygen atoms in total. The number of nitrogen functional groups attached to an aromatic ring is 1. The Hall–Kier alpha value is -0.620. The largest absolute Gasteiger partial charge is 0.379 e. The average Bonchev–Trinajstić information content (AvgIpc) is 2.58. The van der Waals surface area contributed by atoms with E-state index in [1.165, 1.54) is 0 Å². The van der Waals surface area contributed by atoms with E-state index < -0.39 is 0 Å². The minimum atomic E-state index is 0.282. The van der Waals surface area contributed by atoms with Gasteiger partial charge in [0.05, 0.1) is 12.6 Å². The molecular formula is C6H9BrN4O. The number of rotatable bonds is 1. The molecule has 1 aliphatic rings. The molecule has 1 aromatic rings. The molecule has 1 saturated heterocycles. The van der Waals surface area contributed by atoms with Crippen molar-refractivity contribution in [1.29, 1.82) is 0 Å². The van der Waals surface area contributed by atoms with Crippen molar-refractivity contribution in [3.63, 3.8) is 0 Å². The van der Waals surface area contributed by atoms with E-state index in [1.807, 2.05) is 0 Å². The molecule has 0 aliphatic carbocycles. The topological polar surface area (TPSA) is 66.0 Å². The molecule has 0 saturated carbocycles. The first-order valence-corrected chi connectivity index (χ1v) is 4.52. The highest BCUT2D eigenvalue weighted by Gasteiger charge is 2.21. The SMILES string of the molecule is Nc1nc(Br)n(C2CCOC2)n1. The number of ether oxygens (including phenoxy) is 1. The van der Waals surface area contributed by atoms with E-state index in [-0.39, 0.29) is 6.04 Å². The van der Waals surface area contributed by atoms with E-state index in [0.717, 1.165) is 13.0 Å². The third-order valence-electron chi connectivity index (χ3n) is 1.86. The van der Waals surface area contributed by atoms with Crippen LogP contribution in [0.15, 0.2) is 4.73 Å². The second-order valence-electron chi connectivity index (χ2n) is 2.70. The van der Waals surface area contributed by atoms with Crippen LogP contribution in [0.25, 0.3) is 0 Å². The Bertz CT molecular complexity index is 281. The van der Waals surface area contributed by atoms with E-state index in [9.17, 15) is 0 Å². The summed E-state index contributed by atoms with van der Waals surface area (Å²) in [5, 5.41) is 4.05. The molecule has 66 valence electrons. The van der Waals surface area contributed by atoms with Gasteiger partial charge in [-0.15, -0.1) is 5.10 Å². The second kappa shape index (κ2) is 3.02. The lowest BCUT2D eigenvalue weighted by atomic mass is 10.3. The highest BCUT2D eigenvalue weighted by atomic mass is 79.9. The zero-order valence-corrected chi connectivity index (χ0v) is 7.99. The van der Waals surface area contributed by atoms with E-state index in [2.05, 4.69) is 26.0 Å². The van der Waals surface area contributed by atoms with Gasteiger partial charge < -0.3 is 10.5 Å². The Morgan fingerprint density at radius 1 is 1.67 bits per heavy atom. The first-order chi connectivity index (χ1) is 5.77. The standard InChI is InChI=1S/C6H9BrN4O/c7-5-9-6(8)10-11(5)4-1-2-12-3-4/h4H,1-3H2,(H2,8,10). The molecule has 0 spiro atoms. The molecule has 1 atom stereocenters. The van der Waals surface area contributed by atoms with Gasteiger partial charge in [0.25, 0.3) is 0 Å². The zero-order chi connectivity index (χ0) is 8.55. The Morgan fingerprint density at radius 3 is 3.00 bits per heavy atom. The fourth-order valence-corrected chi connectivity index (χ4v) is 1.82. The number of halogens is 1. The van der Waals surface area contributed by atoms with Crippen molar-refractivity contribution in [3.05, 3.63) is 4.73 Å². The lowest BCUT2D eigenvalue weighted by Crippen LogP contribution is -2.10. The number of hydrogen-bond donors (Lipinski definition) is 1. The number of aromatic nitrogens is 3. The molecule has 1 unspecified atom stereocenters. The van der Waals surface area contributed by atoms with E-state index in [0.29, 0.717) is 17.3 Å². The summed E-state index contributed by atoms with van der Waals surface area (Å²) in [6.45, 7) is 1.48. The molecular weight excluding hydrogens is 224 g/mol. The zero-order valence-electron chi connectivity index (χ0n) is 6.40. The maximum Gasteiger partial charge on any atom is 0.240 e. The van der Waals surface area contributed by atoms with Gasteiger partial charge in [0.15, 0.2) is 4.73 Å². The predicted octanol–water partition coefficient (Wildman–Crippen LogP) is 0.584. The fraction of sp³-hybridized carbons (Fsp3) is 0.667. The van der Waals surface area contributed by atoms with Crippen LogP contribution in [0.2, 0.25) is 0 Å². The lowest BCUT2D eigenvalue weighted by molar-refractivity contribution is 0.184. The summed E-state index contributed by atoms with van der Waals surface area (Å²) in [5.74, 6) is 0.300. The van der Waals surface area contributed by atoms with Crippen LogP contribution in [0, 0.1) is 0 Å². The van der Waals surface area contributed by atoms with Gasteiger partial charge in [-0.25, -0.2) is 4.68 Å². The van der Waals surface area contributed by atoms with Crippen molar-refractivity contribution in [2.75, 3.05) is 18.9 Å². The molecule has 2 N–H and O–H groups in total. The molecule has 2 rings (SSSR count). The summed E-state index contributed by atoms with van der Waals surface area (Å²) in [6.07, 6.45) is 0.974. The van der Waals surface area contributed by atoms with Crippen LogP contribution in [0.5, 0.6) is 0 Å². The first-order valence-electron chi connectivity index (χ1n) is 3.72. The summed E-state index contributed by atoms with van der Waals surface area (Å²) in [6, 6.07) is 0.282. The van der Waals surface area contributed by atoms with E-state index >= 15 is 0 Å². The first kappa shape index (κ1) is 8.00. The van der Waals surface area contributed by atoms with Crippen LogP contribution in [-0.2, 0) is 4.74 Å². The molecule has 0 radical (unpaired) electrons. The van der Waals surface area contributed by atoms with Gasteiger partial charge in [-0.2, -0.15) is 4.98 Å². The van der Waals surface area contributed by atoms with E-state index in [1.54, 1.807) is 4.68 Å². The second-order valence-corrected chi connectivity index (χ2v) is 3.41. The van der Waals surface area contributed by atoms with Gasteiger partial charge in [0.1, 0.15) is 0 Å². The number of hydrogen-bond acceptors (Lipinski definition) is 4. The van der Waals surface area contributed by atoms with Gasteiger partial charge in [0.2, 0.25) is 5.95 Å².